The highest BCUT2D eigenvalue weighted by molar-refractivity contribution is 5.11. The van der Waals surface area contributed by atoms with Gasteiger partial charge in [0.05, 0.1) is 18.1 Å². The molecule has 2 nitrogen and oxygen atoms in total. The van der Waals surface area contributed by atoms with Crippen LogP contribution in [-0.2, 0) is 6.42 Å². The second-order valence-electron chi connectivity index (χ2n) is 5.37. The minimum atomic E-state index is -0.507. The van der Waals surface area contributed by atoms with Gasteiger partial charge in [0.15, 0.2) is 0 Å². The topological polar surface area (TPSA) is 33.4 Å². The van der Waals surface area contributed by atoms with Gasteiger partial charge in [0.25, 0.3) is 0 Å². The van der Waals surface area contributed by atoms with E-state index in [2.05, 4.69) is 13.8 Å². The second-order valence-corrected chi connectivity index (χ2v) is 5.37. The van der Waals surface area contributed by atoms with E-state index in [0.717, 1.165) is 31.2 Å². The Bertz CT molecular complexity index is 300. The average molecular weight is 194 g/mol. The largest absolute Gasteiger partial charge is 0.472 e. The molecule has 0 spiro atoms. The Kier molecular flexibility index (Phi) is 2.18. The van der Waals surface area contributed by atoms with E-state index in [1.54, 1.807) is 12.5 Å². The van der Waals surface area contributed by atoms with Crippen LogP contribution in [0.5, 0.6) is 0 Å². The summed E-state index contributed by atoms with van der Waals surface area (Å²) in [6, 6.07) is 1.93. The fraction of sp³-hybridized carbons (Fsp3) is 0.667. The fourth-order valence-corrected chi connectivity index (χ4v) is 2.56. The molecule has 0 radical (unpaired) electrons. The van der Waals surface area contributed by atoms with E-state index in [-0.39, 0.29) is 0 Å². The first-order valence-electron chi connectivity index (χ1n) is 5.23. The molecule has 0 saturated heterocycles. The van der Waals surface area contributed by atoms with Crippen LogP contribution in [0.15, 0.2) is 23.0 Å². The smallest absolute Gasteiger partial charge is 0.0935 e. The van der Waals surface area contributed by atoms with Crippen LogP contribution in [0.25, 0.3) is 0 Å². The SMILES string of the molecule is CC1(C)CCC(O)(Cc2ccoc2)C1. The third-order valence-electron chi connectivity index (χ3n) is 3.19. The Hall–Kier alpha value is -0.760. The predicted molar refractivity (Wildman–Crippen MR) is 55.0 cm³/mol. The summed E-state index contributed by atoms with van der Waals surface area (Å²) in [6.07, 6.45) is 7.03. The van der Waals surface area contributed by atoms with Gasteiger partial charge >= 0.3 is 0 Å². The lowest BCUT2D eigenvalue weighted by Gasteiger charge is -2.24. The van der Waals surface area contributed by atoms with Crippen LogP contribution < -0.4 is 0 Å². The first-order valence-corrected chi connectivity index (χ1v) is 5.23. The number of hydrogen-bond donors (Lipinski definition) is 1. The number of hydrogen-bond acceptors (Lipinski definition) is 2. The first kappa shape index (κ1) is 9.78. The van der Waals surface area contributed by atoms with Crippen molar-refractivity contribution < 1.29 is 9.52 Å². The van der Waals surface area contributed by atoms with Gasteiger partial charge in [0.1, 0.15) is 0 Å². The predicted octanol–water partition coefficient (Wildman–Crippen LogP) is 2.76. The van der Waals surface area contributed by atoms with E-state index in [9.17, 15) is 5.11 Å². The van der Waals surface area contributed by atoms with Crippen molar-refractivity contribution in [3.05, 3.63) is 24.2 Å². The number of aliphatic hydroxyl groups is 1. The van der Waals surface area contributed by atoms with Crippen molar-refractivity contribution >= 4 is 0 Å². The molecule has 0 bridgehead atoms. The van der Waals surface area contributed by atoms with Crippen molar-refractivity contribution in [2.75, 3.05) is 0 Å². The third-order valence-corrected chi connectivity index (χ3v) is 3.19. The van der Waals surface area contributed by atoms with Gasteiger partial charge in [-0.1, -0.05) is 13.8 Å². The average Bonchev–Trinajstić information content (AvgIpc) is 2.60. The van der Waals surface area contributed by atoms with Gasteiger partial charge < -0.3 is 9.52 Å². The van der Waals surface area contributed by atoms with Crippen molar-refractivity contribution in [2.45, 2.75) is 45.1 Å². The van der Waals surface area contributed by atoms with E-state index in [4.69, 9.17) is 4.42 Å². The van der Waals surface area contributed by atoms with Crippen molar-refractivity contribution in [1.29, 1.82) is 0 Å². The Balaban J connectivity index is 2.05. The quantitative estimate of drug-likeness (QED) is 0.785. The van der Waals surface area contributed by atoms with Crippen LogP contribution in [0, 0.1) is 5.41 Å². The molecule has 2 rings (SSSR count). The highest BCUT2D eigenvalue weighted by Crippen LogP contribution is 2.44. The summed E-state index contributed by atoms with van der Waals surface area (Å²) in [6.45, 7) is 4.45. The minimum absolute atomic E-state index is 0.290. The zero-order valence-corrected chi connectivity index (χ0v) is 8.92. The third kappa shape index (κ3) is 2.01. The second kappa shape index (κ2) is 3.13. The molecule has 14 heavy (non-hydrogen) atoms. The Morgan fingerprint density at radius 2 is 2.21 bits per heavy atom. The van der Waals surface area contributed by atoms with Crippen LogP contribution in [-0.4, -0.2) is 10.7 Å². The zero-order chi connectivity index (χ0) is 10.2. The standard InChI is InChI=1S/C12H18O2/c1-11(2)4-5-12(13,9-11)7-10-3-6-14-8-10/h3,6,8,13H,4-5,7,9H2,1-2H3. The van der Waals surface area contributed by atoms with Gasteiger partial charge in [0.2, 0.25) is 0 Å². The van der Waals surface area contributed by atoms with E-state index in [1.807, 2.05) is 6.07 Å². The molecule has 1 aliphatic carbocycles. The molecule has 1 heterocycles. The summed E-state index contributed by atoms with van der Waals surface area (Å²) in [4.78, 5) is 0. The molecule has 1 fully saturated rings. The maximum absolute atomic E-state index is 10.4. The molecule has 0 amide bonds. The van der Waals surface area contributed by atoms with Gasteiger partial charge in [-0.3, -0.25) is 0 Å². The highest BCUT2D eigenvalue weighted by Gasteiger charge is 2.41. The van der Waals surface area contributed by atoms with Crippen LogP contribution in [0.4, 0.5) is 0 Å². The van der Waals surface area contributed by atoms with E-state index in [0.29, 0.717) is 5.41 Å². The molecule has 1 aromatic rings. The van der Waals surface area contributed by atoms with E-state index >= 15 is 0 Å². The molecule has 0 aromatic carbocycles. The Morgan fingerprint density at radius 3 is 2.71 bits per heavy atom. The molecular formula is C12H18O2. The zero-order valence-electron chi connectivity index (χ0n) is 8.92. The van der Waals surface area contributed by atoms with Crippen molar-refractivity contribution in [3.8, 4) is 0 Å². The molecule has 1 aliphatic rings. The highest BCUT2D eigenvalue weighted by atomic mass is 16.3. The lowest BCUT2D eigenvalue weighted by molar-refractivity contribution is 0.0377. The Morgan fingerprint density at radius 1 is 1.43 bits per heavy atom. The monoisotopic (exact) mass is 194 g/mol. The van der Waals surface area contributed by atoms with Crippen molar-refractivity contribution in [3.63, 3.8) is 0 Å². The maximum atomic E-state index is 10.4. The first-order chi connectivity index (χ1) is 6.49. The summed E-state index contributed by atoms with van der Waals surface area (Å²) in [5.74, 6) is 0. The molecule has 2 heteroatoms. The molecule has 1 unspecified atom stereocenters. The summed E-state index contributed by atoms with van der Waals surface area (Å²) < 4.78 is 5.01. The molecule has 0 aliphatic heterocycles. The van der Waals surface area contributed by atoms with Gasteiger partial charge in [-0.15, -0.1) is 0 Å². The normalized spacial score (nSPS) is 30.8. The van der Waals surface area contributed by atoms with E-state index in [1.165, 1.54) is 0 Å². The van der Waals surface area contributed by atoms with Gasteiger partial charge in [-0.25, -0.2) is 0 Å². The van der Waals surface area contributed by atoms with Crippen LogP contribution in [0.3, 0.4) is 0 Å². The molecule has 78 valence electrons. The number of furan rings is 1. The molecule has 1 saturated carbocycles. The summed E-state index contributed by atoms with van der Waals surface area (Å²) in [7, 11) is 0. The molecular weight excluding hydrogens is 176 g/mol. The van der Waals surface area contributed by atoms with E-state index < -0.39 is 5.60 Å². The van der Waals surface area contributed by atoms with Crippen molar-refractivity contribution in [2.24, 2.45) is 5.41 Å². The fourth-order valence-electron chi connectivity index (χ4n) is 2.56. The lowest BCUT2D eigenvalue weighted by Crippen LogP contribution is -2.28. The Labute approximate surface area is 84.9 Å². The minimum Gasteiger partial charge on any atom is -0.472 e. The van der Waals surface area contributed by atoms with Crippen LogP contribution in [0.2, 0.25) is 0 Å². The summed E-state index contributed by atoms with van der Waals surface area (Å²) in [5, 5.41) is 10.4. The van der Waals surface area contributed by atoms with Crippen LogP contribution >= 0.6 is 0 Å². The molecule has 1 atom stereocenters. The van der Waals surface area contributed by atoms with Gasteiger partial charge in [-0.2, -0.15) is 0 Å². The molecule has 1 aromatic heterocycles. The van der Waals surface area contributed by atoms with Crippen molar-refractivity contribution in [1.82, 2.24) is 0 Å². The lowest BCUT2D eigenvalue weighted by atomic mass is 9.87. The summed E-state index contributed by atoms with van der Waals surface area (Å²) in [5.41, 5.74) is 0.886. The van der Waals surface area contributed by atoms with Gasteiger partial charge in [-0.05, 0) is 36.3 Å². The number of rotatable bonds is 2. The van der Waals surface area contributed by atoms with Gasteiger partial charge in [0, 0.05) is 6.42 Å². The summed E-state index contributed by atoms with van der Waals surface area (Å²) >= 11 is 0. The van der Waals surface area contributed by atoms with Crippen LogP contribution in [0.1, 0.15) is 38.7 Å². The molecule has 1 N–H and O–H groups in total. The maximum Gasteiger partial charge on any atom is 0.0935 e.